The number of fused-ring (bicyclic) bond motifs is 1. The third-order valence-electron chi connectivity index (χ3n) is 12.3. The summed E-state index contributed by atoms with van der Waals surface area (Å²) < 4.78 is 51.4. The van der Waals surface area contributed by atoms with Crippen molar-refractivity contribution in [1.82, 2.24) is 24.6 Å². The first kappa shape index (κ1) is 43.0. The largest absolute Gasteiger partial charge is 0.477 e. The number of halogens is 1. The first-order valence-electron chi connectivity index (χ1n) is 21.5. The number of aromatic amines is 1. The van der Waals surface area contributed by atoms with Crippen molar-refractivity contribution in [3.8, 4) is 28.1 Å². The van der Waals surface area contributed by atoms with Gasteiger partial charge < -0.3 is 24.1 Å². The molecule has 3 aromatic heterocycles. The molecule has 12 nitrogen and oxygen atoms in total. The van der Waals surface area contributed by atoms with Crippen molar-refractivity contribution in [1.29, 1.82) is 0 Å². The maximum atomic E-state index is 15.1. The molecule has 1 aliphatic carbocycles. The van der Waals surface area contributed by atoms with Crippen LogP contribution in [0.4, 0.5) is 5.69 Å². The van der Waals surface area contributed by atoms with Crippen LogP contribution in [0.2, 0.25) is 5.02 Å². The number of aromatic nitrogens is 3. The fraction of sp³-hybridized carbons (Fsp3) is 0.354. The smallest absolute Gasteiger partial charge is 0.271 e. The molecule has 0 saturated carbocycles. The second-order valence-corrected chi connectivity index (χ2v) is 20.3. The van der Waals surface area contributed by atoms with Gasteiger partial charge in [0, 0.05) is 85.2 Å². The van der Waals surface area contributed by atoms with Gasteiger partial charge in [-0.25, -0.2) is 18.1 Å². The third kappa shape index (κ3) is 9.80. The molecule has 0 radical (unpaired) electrons. The lowest BCUT2D eigenvalue weighted by Crippen LogP contribution is -2.48. The molecule has 2 fully saturated rings. The molecular formula is C48H51ClN6O6S2. The summed E-state index contributed by atoms with van der Waals surface area (Å²) in [6.45, 7) is 9.32. The van der Waals surface area contributed by atoms with Crippen LogP contribution in [0.5, 0.6) is 17.5 Å². The standard InChI is InChI=1S/C48H51ClN6O6S2/c1-48(2)18-14-36(39(29-48)33-8-10-37(49)11-9-33)30-54-21-23-55(24-22-54)42-41(47-51-20-27-62-47)45(60-31-32-16-25-59-26-17-32)52-46(61-38-12-13-40-35(28-38)15-19-50-40)43(42)63(57,58)53-44(56)34-6-4-3-5-7-34/h3-13,15,19-20,27-28,32,50H,14,16-18,21-26,29-31H2,1-2H3,(H,53,56). The first-order chi connectivity index (χ1) is 30.5. The number of piperazine rings is 1. The van der Waals surface area contributed by atoms with Crippen molar-refractivity contribution < 1.29 is 27.4 Å². The second kappa shape index (κ2) is 18.5. The zero-order chi connectivity index (χ0) is 43.6. The van der Waals surface area contributed by atoms with Crippen molar-refractivity contribution in [2.75, 3.05) is 57.4 Å². The lowest BCUT2D eigenvalue weighted by molar-refractivity contribution is 0.0490. The van der Waals surface area contributed by atoms with Crippen molar-refractivity contribution in [2.24, 2.45) is 11.3 Å². The third-order valence-corrected chi connectivity index (χ3v) is 14.7. The van der Waals surface area contributed by atoms with Crippen LogP contribution in [-0.4, -0.2) is 86.7 Å². The minimum atomic E-state index is -4.68. The molecule has 0 spiro atoms. The Hall–Kier alpha value is -5.25. The lowest BCUT2D eigenvalue weighted by atomic mass is 9.72. The maximum Gasteiger partial charge on any atom is 0.271 e. The fourth-order valence-electron chi connectivity index (χ4n) is 8.77. The number of carbonyl (C=O) groups is 1. The number of benzene rings is 3. The molecule has 63 heavy (non-hydrogen) atoms. The predicted octanol–water partition coefficient (Wildman–Crippen LogP) is 9.84. The van der Waals surface area contributed by atoms with Crippen LogP contribution < -0.4 is 19.1 Å². The van der Waals surface area contributed by atoms with Crippen LogP contribution in [0.1, 0.15) is 61.9 Å². The Balaban J connectivity index is 1.14. The van der Waals surface area contributed by atoms with E-state index in [1.807, 2.05) is 41.9 Å². The minimum Gasteiger partial charge on any atom is -0.477 e. The van der Waals surface area contributed by atoms with Gasteiger partial charge in [-0.1, -0.05) is 61.4 Å². The predicted molar refractivity (Wildman–Crippen MR) is 249 cm³/mol. The van der Waals surface area contributed by atoms with E-state index in [-0.39, 0.29) is 33.6 Å². The number of anilines is 1. The molecule has 6 aromatic rings. The number of rotatable bonds is 13. The highest BCUT2D eigenvalue weighted by molar-refractivity contribution is 7.90. The van der Waals surface area contributed by atoms with E-state index in [2.05, 4.69) is 45.5 Å². The van der Waals surface area contributed by atoms with E-state index in [1.54, 1.807) is 42.6 Å². The molecule has 2 N–H and O–H groups in total. The second-order valence-electron chi connectivity index (χ2n) is 17.3. The van der Waals surface area contributed by atoms with Gasteiger partial charge in [-0.3, -0.25) is 9.69 Å². The summed E-state index contributed by atoms with van der Waals surface area (Å²) in [4.78, 5) is 30.8. The summed E-state index contributed by atoms with van der Waals surface area (Å²) in [5.74, 6) is -0.192. The number of amides is 1. The highest BCUT2D eigenvalue weighted by atomic mass is 35.5. The zero-order valence-electron chi connectivity index (χ0n) is 35.4. The molecule has 2 aliphatic heterocycles. The molecule has 2 saturated heterocycles. The van der Waals surface area contributed by atoms with E-state index >= 15 is 8.42 Å². The van der Waals surface area contributed by atoms with Crippen molar-refractivity contribution in [3.63, 3.8) is 0 Å². The van der Waals surface area contributed by atoms with Crippen LogP contribution in [0.3, 0.4) is 0 Å². The highest BCUT2D eigenvalue weighted by Gasteiger charge is 2.38. The van der Waals surface area contributed by atoms with Gasteiger partial charge >= 0.3 is 0 Å². The first-order valence-corrected chi connectivity index (χ1v) is 24.2. The topological polar surface area (TPSA) is 139 Å². The average Bonchev–Trinajstić information content (AvgIpc) is 4.00. The quantitative estimate of drug-likeness (QED) is 0.115. The molecule has 0 unspecified atom stereocenters. The molecule has 5 heterocycles. The number of hydrogen-bond donors (Lipinski definition) is 2. The molecule has 9 rings (SSSR count). The van der Waals surface area contributed by atoms with Crippen LogP contribution in [-0.2, 0) is 14.8 Å². The van der Waals surface area contributed by atoms with Crippen molar-refractivity contribution in [2.45, 2.75) is 50.8 Å². The number of nitrogens with one attached hydrogen (secondary N) is 2. The Morgan fingerprint density at radius 1 is 1.00 bits per heavy atom. The van der Waals surface area contributed by atoms with Gasteiger partial charge in [-0.2, -0.15) is 4.98 Å². The molecule has 15 heteroatoms. The summed E-state index contributed by atoms with van der Waals surface area (Å²) in [6, 6.07) is 23.8. The Bertz CT molecular complexity index is 2710. The number of allylic oxidation sites excluding steroid dienone is 1. The summed E-state index contributed by atoms with van der Waals surface area (Å²) >= 11 is 7.68. The number of sulfonamides is 1. The van der Waals surface area contributed by atoms with Gasteiger partial charge in [0.05, 0.1) is 17.9 Å². The summed E-state index contributed by atoms with van der Waals surface area (Å²) in [7, 11) is -4.68. The number of carbonyl (C=O) groups excluding carboxylic acids is 1. The van der Waals surface area contributed by atoms with Gasteiger partial charge in [0.15, 0.2) is 4.90 Å². The van der Waals surface area contributed by atoms with Gasteiger partial charge in [-0.15, -0.1) is 11.3 Å². The number of nitrogens with zero attached hydrogens (tertiary/aromatic N) is 4. The van der Waals surface area contributed by atoms with Crippen LogP contribution in [0.25, 0.3) is 27.0 Å². The van der Waals surface area contributed by atoms with Gasteiger partial charge in [-0.05, 0) is 103 Å². The normalized spacial score (nSPS) is 17.5. The van der Waals surface area contributed by atoms with E-state index in [0.717, 1.165) is 49.6 Å². The average molecular weight is 908 g/mol. The monoisotopic (exact) mass is 906 g/mol. The van der Waals surface area contributed by atoms with Gasteiger partial charge in [0.25, 0.3) is 15.9 Å². The Labute approximate surface area is 377 Å². The van der Waals surface area contributed by atoms with Crippen LogP contribution in [0.15, 0.2) is 107 Å². The lowest BCUT2D eigenvalue weighted by Gasteiger charge is -2.40. The van der Waals surface area contributed by atoms with E-state index in [9.17, 15) is 4.79 Å². The van der Waals surface area contributed by atoms with E-state index < -0.39 is 15.9 Å². The summed E-state index contributed by atoms with van der Waals surface area (Å²) in [5, 5.41) is 3.97. The number of hydrogen-bond acceptors (Lipinski definition) is 11. The number of thiazole rings is 1. The molecule has 0 bridgehead atoms. The number of pyridine rings is 1. The van der Waals surface area contributed by atoms with Crippen molar-refractivity contribution in [3.05, 3.63) is 118 Å². The highest BCUT2D eigenvalue weighted by Crippen LogP contribution is 2.49. The molecule has 0 atom stereocenters. The van der Waals surface area contributed by atoms with Gasteiger partial charge in [0.1, 0.15) is 10.8 Å². The Morgan fingerprint density at radius 3 is 2.52 bits per heavy atom. The fourth-order valence-corrected chi connectivity index (χ4v) is 10.8. The zero-order valence-corrected chi connectivity index (χ0v) is 37.8. The van der Waals surface area contributed by atoms with E-state index in [0.29, 0.717) is 73.0 Å². The molecule has 1 amide bonds. The van der Waals surface area contributed by atoms with E-state index in [4.69, 9.17) is 35.8 Å². The SMILES string of the molecule is CC1(C)CCC(CN2CCN(c3c(-c4nccs4)c(OCC4CCOCC4)nc(Oc4ccc5[nH]ccc5c4)c3S(=O)(=O)NC(=O)c3ccccc3)CC2)=C(c2ccc(Cl)cc2)C1. The Kier molecular flexibility index (Phi) is 12.6. The van der Waals surface area contributed by atoms with Crippen LogP contribution >= 0.6 is 22.9 Å². The number of ether oxygens (including phenoxy) is 3. The summed E-state index contributed by atoms with van der Waals surface area (Å²) in [6.07, 6.45) is 8.23. The maximum absolute atomic E-state index is 15.1. The number of H-pyrrole nitrogens is 1. The molecule has 3 aliphatic rings. The van der Waals surface area contributed by atoms with Gasteiger partial charge in [0.2, 0.25) is 11.8 Å². The molecule has 3 aromatic carbocycles. The summed E-state index contributed by atoms with van der Waals surface area (Å²) in [5.41, 5.74) is 6.03. The van der Waals surface area contributed by atoms with Crippen molar-refractivity contribution >= 4 is 61.0 Å². The minimum absolute atomic E-state index is 0.181. The molecule has 328 valence electrons. The van der Waals surface area contributed by atoms with E-state index in [1.165, 1.54) is 28.0 Å². The van der Waals surface area contributed by atoms with Crippen LogP contribution in [0, 0.1) is 11.3 Å². The Morgan fingerprint density at radius 2 is 1.78 bits per heavy atom. The molecular weight excluding hydrogens is 856 g/mol.